The zero-order valence-corrected chi connectivity index (χ0v) is 16.7. The molecule has 0 saturated carbocycles. The highest BCUT2D eigenvalue weighted by atomic mass is 32.2. The summed E-state index contributed by atoms with van der Waals surface area (Å²) in [6.45, 7) is 6.35. The molecule has 0 atom stereocenters. The van der Waals surface area contributed by atoms with Gasteiger partial charge in [-0.25, -0.2) is 0 Å². The van der Waals surface area contributed by atoms with Gasteiger partial charge in [0.25, 0.3) is 0 Å². The summed E-state index contributed by atoms with van der Waals surface area (Å²) in [6, 6.07) is 15.3. The van der Waals surface area contributed by atoms with Crippen molar-refractivity contribution in [3.8, 4) is 17.1 Å². The van der Waals surface area contributed by atoms with Gasteiger partial charge in [0.15, 0.2) is 11.0 Å². The van der Waals surface area contributed by atoms with E-state index in [0.717, 1.165) is 22.6 Å². The highest BCUT2D eigenvalue weighted by Gasteiger charge is 2.15. The van der Waals surface area contributed by atoms with Crippen molar-refractivity contribution in [1.82, 2.24) is 14.8 Å². The molecule has 0 aliphatic carbocycles. The Labute approximate surface area is 168 Å². The molecule has 1 amide bonds. The van der Waals surface area contributed by atoms with Gasteiger partial charge in [-0.05, 0) is 36.8 Å². The number of methoxy groups -OCH3 is 1. The predicted octanol–water partition coefficient (Wildman–Crippen LogP) is 4.18. The summed E-state index contributed by atoms with van der Waals surface area (Å²) in [7, 11) is 1.63. The molecule has 0 spiro atoms. The topological polar surface area (TPSA) is 69.0 Å². The number of ether oxygens (including phenoxy) is 1. The molecule has 7 heteroatoms. The van der Waals surface area contributed by atoms with Crippen LogP contribution in [0.5, 0.6) is 5.75 Å². The number of allylic oxidation sites excluding steroid dienone is 1. The van der Waals surface area contributed by atoms with Crippen molar-refractivity contribution in [1.29, 1.82) is 0 Å². The molecule has 28 heavy (non-hydrogen) atoms. The van der Waals surface area contributed by atoms with Crippen LogP contribution in [0.15, 0.2) is 66.3 Å². The average molecular weight is 395 g/mol. The zero-order valence-electron chi connectivity index (χ0n) is 15.9. The fourth-order valence-corrected chi connectivity index (χ4v) is 3.46. The molecular formula is C21H22N4O2S. The SMILES string of the molecule is C=CCn1c(SCC(=O)Nc2cccc(C)c2)nnc1-c1cccc(OC)c1. The highest BCUT2D eigenvalue weighted by Crippen LogP contribution is 2.26. The maximum Gasteiger partial charge on any atom is 0.234 e. The van der Waals surface area contributed by atoms with Gasteiger partial charge in [0.1, 0.15) is 5.75 Å². The van der Waals surface area contributed by atoms with E-state index in [9.17, 15) is 4.79 Å². The maximum absolute atomic E-state index is 12.3. The fourth-order valence-electron chi connectivity index (χ4n) is 2.71. The number of nitrogens with zero attached hydrogens (tertiary/aromatic N) is 3. The lowest BCUT2D eigenvalue weighted by atomic mass is 10.2. The van der Waals surface area contributed by atoms with Crippen molar-refractivity contribution in [3.63, 3.8) is 0 Å². The van der Waals surface area contributed by atoms with E-state index in [1.807, 2.05) is 60.0 Å². The van der Waals surface area contributed by atoms with Crippen molar-refractivity contribution in [3.05, 3.63) is 66.7 Å². The van der Waals surface area contributed by atoms with Crippen molar-refractivity contribution >= 4 is 23.4 Å². The van der Waals surface area contributed by atoms with Gasteiger partial charge in [-0.15, -0.1) is 16.8 Å². The van der Waals surface area contributed by atoms with E-state index in [4.69, 9.17) is 4.74 Å². The zero-order chi connectivity index (χ0) is 19.9. The minimum Gasteiger partial charge on any atom is -0.497 e. The molecule has 0 saturated heterocycles. The van der Waals surface area contributed by atoms with E-state index in [1.54, 1.807) is 13.2 Å². The molecule has 1 heterocycles. The van der Waals surface area contributed by atoms with E-state index in [1.165, 1.54) is 11.8 Å². The van der Waals surface area contributed by atoms with Crippen LogP contribution in [0.1, 0.15) is 5.56 Å². The average Bonchev–Trinajstić information content (AvgIpc) is 3.09. The quantitative estimate of drug-likeness (QED) is 0.458. The minimum atomic E-state index is -0.0910. The van der Waals surface area contributed by atoms with Crippen LogP contribution in [0.3, 0.4) is 0 Å². The number of thioether (sulfide) groups is 1. The second-order valence-electron chi connectivity index (χ2n) is 6.14. The summed E-state index contributed by atoms with van der Waals surface area (Å²) in [6.07, 6.45) is 1.78. The first kappa shape index (κ1) is 19.7. The Bertz CT molecular complexity index is 984. The Hall–Kier alpha value is -3.06. The Morgan fingerprint density at radius 2 is 2.07 bits per heavy atom. The standard InChI is InChI=1S/C21H22N4O2S/c1-4-11-25-20(16-8-6-10-18(13-16)27-3)23-24-21(25)28-14-19(26)22-17-9-5-7-15(2)12-17/h4-10,12-13H,1,11,14H2,2-3H3,(H,22,26). The van der Waals surface area contributed by atoms with E-state index >= 15 is 0 Å². The van der Waals surface area contributed by atoms with Crippen LogP contribution >= 0.6 is 11.8 Å². The van der Waals surface area contributed by atoms with Gasteiger partial charge in [0, 0.05) is 17.8 Å². The van der Waals surface area contributed by atoms with Gasteiger partial charge in [0.05, 0.1) is 12.9 Å². The molecular weight excluding hydrogens is 372 g/mol. The molecule has 0 bridgehead atoms. The van der Waals surface area contributed by atoms with Gasteiger partial charge >= 0.3 is 0 Å². The molecule has 0 aliphatic rings. The molecule has 1 aromatic heterocycles. The molecule has 1 N–H and O–H groups in total. The van der Waals surface area contributed by atoms with Gasteiger partial charge in [-0.3, -0.25) is 9.36 Å². The second kappa shape index (κ2) is 9.23. The highest BCUT2D eigenvalue weighted by molar-refractivity contribution is 7.99. The molecule has 6 nitrogen and oxygen atoms in total. The maximum atomic E-state index is 12.3. The second-order valence-corrected chi connectivity index (χ2v) is 7.09. The lowest BCUT2D eigenvalue weighted by Gasteiger charge is -2.09. The third-order valence-electron chi connectivity index (χ3n) is 3.99. The van der Waals surface area contributed by atoms with Crippen LogP contribution in [0.25, 0.3) is 11.4 Å². The molecule has 3 rings (SSSR count). The first-order valence-electron chi connectivity index (χ1n) is 8.78. The van der Waals surface area contributed by atoms with E-state index in [0.29, 0.717) is 17.5 Å². The lowest BCUT2D eigenvalue weighted by Crippen LogP contribution is -2.14. The van der Waals surface area contributed by atoms with Crippen LogP contribution in [-0.2, 0) is 11.3 Å². The lowest BCUT2D eigenvalue weighted by molar-refractivity contribution is -0.113. The Balaban J connectivity index is 1.74. The predicted molar refractivity (Wildman–Crippen MR) is 113 cm³/mol. The van der Waals surface area contributed by atoms with Gasteiger partial charge < -0.3 is 10.1 Å². The van der Waals surface area contributed by atoms with Gasteiger partial charge in [0.2, 0.25) is 5.91 Å². The largest absolute Gasteiger partial charge is 0.497 e. The number of aromatic nitrogens is 3. The van der Waals surface area contributed by atoms with E-state index < -0.39 is 0 Å². The van der Waals surface area contributed by atoms with Crippen LogP contribution in [-0.4, -0.2) is 33.5 Å². The van der Waals surface area contributed by atoms with Crippen molar-refractivity contribution in [2.24, 2.45) is 0 Å². The number of carbonyl (C=O) groups excluding carboxylic acids is 1. The molecule has 144 valence electrons. The molecule has 0 unspecified atom stereocenters. The number of hydrogen-bond acceptors (Lipinski definition) is 5. The van der Waals surface area contributed by atoms with Crippen molar-refractivity contribution in [2.75, 3.05) is 18.2 Å². The van der Waals surface area contributed by atoms with Crippen LogP contribution < -0.4 is 10.1 Å². The smallest absolute Gasteiger partial charge is 0.234 e. The van der Waals surface area contributed by atoms with Crippen molar-refractivity contribution in [2.45, 2.75) is 18.6 Å². The number of rotatable bonds is 8. The monoisotopic (exact) mass is 394 g/mol. The van der Waals surface area contributed by atoms with E-state index in [-0.39, 0.29) is 11.7 Å². The third kappa shape index (κ3) is 4.80. The minimum absolute atomic E-state index is 0.0910. The molecule has 2 aromatic carbocycles. The van der Waals surface area contributed by atoms with Crippen molar-refractivity contribution < 1.29 is 9.53 Å². The Morgan fingerprint density at radius 1 is 1.25 bits per heavy atom. The summed E-state index contributed by atoms with van der Waals surface area (Å²) in [5.41, 5.74) is 2.78. The first-order valence-corrected chi connectivity index (χ1v) is 9.77. The number of nitrogens with one attached hydrogen (secondary N) is 1. The number of carbonyl (C=O) groups is 1. The Kier molecular flexibility index (Phi) is 6.49. The molecule has 0 aliphatic heterocycles. The third-order valence-corrected chi connectivity index (χ3v) is 4.96. The number of amides is 1. The Morgan fingerprint density at radius 3 is 2.82 bits per heavy atom. The number of hydrogen-bond donors (Lipinski definition) is 1. The van der Waals surface area contributed by atoms with Crippen LogP contribution in [0.2, 0.25) is 0 Å². The molecule has 0 radical (unpaired) electrons. The summed E-state index contributed by atoms with van der Waals surface area (Å²) in [4.78, 5) is 12.3. The molecule has 3 aromatic rings. The summed E-state index contributed by atoms with van der Waals surface area (Å²) < 4.78 is 7.23. The normalized spacial score (nSPS) is 10.5. The summed E-state index contributed by atoms with van der Waals surface area (Å²) in [5, 5.41) is 12.1. The van der Waals surface area contributed by atoms with Gasteiger partial charge in [-0.2, -0.15) is 0 Å². The van der Waals surface area contributed by atoms with Gasteiger partial charge in [-0.1, -0.05) is 42.1 Å². The van der Waals surface area contributed by atoms with Crippen LogP contribution in [0, 0.1) is 6.92 Å². The summed E-state index contributed by atoms with van der Waals surface area (Å²) >= 11 is 1.34. The van der Waals surface area contributed by atoms with E-state index in [2.05, 4.69) is 22.1 Å². The number of benzene rings is 2. The first-order chi connectivity index (χ1) is 13.6. The van der Waals surface area contributed by atoms with Crippen LogP contribution in [0.4, 0.5) is 5.69 Å². The molecule has 0 fully saturated rings. The fraction of sp³-hybridized carbons (Fsp3) is 0.190. The number of aryl methyl sites for hydroxylation is 1. The summed E-state index contributed by atoms with van der Waals surface area (Å²) in [5.74, 6) is 1.60. The number of anilines is 1.